The number of rotatable bonds is 3. The van der Waals surface area contributed by atoms with E-state index >= 15 is 0 Å². The normalized spacial score (nSPS) is 30.0. The summed E-state index contributed by atoms with van der Waals surface area (Å²) in [5, 5.41) is 3.36. The summed E-state index contributed by atoms with van der Waals surface area (Å²) in [6.07, 6.45) is 3.87. The molecule has 0 saturated carbocycles. The van der Waals surface area contributed by atoms with E-state index in [9.17, 15) is 4.79 Å². The summed E-state index contributed by atoms with van der Waals surface area (Å²) >= 11 is 0. The van der Waals surface area contributed by atoms with Crippen LogP contribution in [0.5, 0.6) is 11.5 Å². The van der Waals surface area contributed by atoms with Crippen molar-refractivity contribution < 1.29 is 14.3 Å². The van der Waals surface area contributed by atoms with E-state index in [1.807, 2.05) is 6.07 Å². The molecule has 1 aromatic rings. The van der Waals surface area contributed by atoms with Gasteiger partial charge in [0, 0.05) is 30.1 Å². The molecule has 3 fully saturated rings. The molecule has 6 heteroatoms. The van der Waals surface area contributed by atoms with Gasteiger partial charge in [-0.3, -0.25) is 9.79 Å². The Balaban J connectivity index is 1.54. The number of hydrogen-bond acceptors (Lipinski definition) is 5. The third-order valence-electron chi connectivity index (χ3n) is 7.09. The number of ether oxygens (including phenoxy) is 2. The van der Waals surface area contributed by atoms with Crippen LogP contribution >= 0.6 is 0 Å². The van der Waals surface area contributed by atoms with Crippen molar-refractivity contribution in [1.82, 2.24) is 10.2 Å². The molecule has 1 aromatic carbocycles. The number of nitrogens with zero attached hydrogens (tertiary/aromatic N) is 2. The predicted octanol–water partition coefficient (Wildman–Crippen LogP) is 2.74. The molecule has 1 N–H and O–H groups in total. The molecule has 162 valence electrons. The summed E-state index contributed by atoms with van der Waals surface area (Å²) in [4.78, 5) is 21.0. The van der Waals surface area contributed by atoms with Crippen LogP contribution in [0.2, 0.25) is 0 Å². The second-order valence-corrected chi connectivity index (χ2v) is 10.6. The van der Waals surface area contributed by atoms with E-state index in [0.29, 0.717) is 11.6 Å². The summed E-state index contributed by atoms with van der Waals surface area (Å²) < 4.78 is 11.9. The van der Waals surface area contributed by atoms with Crippen LogP contribution in [0.4, 0.5) is 0 Å². The topological polar surface area (TPSA) is 63.2 Å². The number of nitrogens with one attached hydrogen (secondary N) is 1. The first-order valence-corrected chi connectivity index (χ1v) is 11.2. The lowest BCUT2D eigenvalue weighted by Crippen LogP contribution is -2.58. The Bertz CT molecular complexity index is 926. The summed E-state index contributed by atoms with van der Waals surface area (Å²) in [6, 6.07) is 2.27. The van der Waals surface area contributed by atoms with Gasteiger partial charge in [-0.25, -0.2) is 0 Å². The molecule has 0 spiro atoms. The van der Waals surface area contributed by atoms with E-state index < -0.39 is 0 Å². The van der Waals surface area contributed by atoms with E-state index in [2.05, 4.69) is 37.9 Å². The van der Waals surface area contributed by atoms with Crippen molar-refractivity contribution in [2.75, 3.05) is 26.7 Å². The van der Waals surface area contributed by atoms with Crippen LogP contribution in [-0.4, -0.2) is 60.4 Å². The largest absolute Gasteiger partial charge is 0.493 e. The van der Waals surface area contributed by atoms with Gasteiger partial charge in [-0.05, 0) is 77.6 Å². The van der Waals surface area contributed by atoms with Crippen LogP contribution in [0.1, 0.15) is 57.2 Å². The first-order valence-electron chi connectivity index (χ1n) is 11.2. The molecule has 5 heterocycles. The highest BCUT2D eigenvalue weighted by Crippen LogP contribution is 2.47. The van der Waals surface area contributed by atoms with Crippen LogP contribution in [0, 0.1) is 5.92 Å². The van der Waals surface area contributed by atoms with Gasteiger partial charge in [0.15, 0.2) is 11.5 Å². The van der Waals surface area contributed by atoms with E-state index in [-0.39, 0.29) is 23.1 Å². The molecule has 1 amide bonds. The van der Waals surface area contributed by atoms with Crippen molar-refractivity contribution in [3.05, 3.63) is 22.8 Å². The minimum atomic E-state index is -0.330. The maximum Gasteiger partial charge on any atom is 0.270 e. The van der Waals surface area contributed by atoms with E-state index in [1.54, 1.807) is 7.11 Å². The summed E-state index contributed by atoms with van der Waals surface area (Å²) in [5.41, 5.74) is 3.07. The number of carbonyl (C=O) groups excluding carboxylic acids is 1. The third-order valence-corrected chi connectivity index (χ3v) is 7.09. The van der Waals surface area contributed by atoms with E-state index in [1.165, 1.54) is 12.8 Å². The van der Waals surface area contributed by atoms with Crippen LogP contribution < -0.4 is 14.8 Å². The highest BCUT2D eigenvalue weighted by Gasteiger charge is 2.42. The zero-order chi connectivity index (χ0) is 21.3. The molecule has 2 bridgehead atoms. The van der Waals surface area contributed by atoms with Crippen LogP contribution in [0.3, 0.4) is 0 Å². The van der Waals surface area contributed by atoms with Crippen LogP contribution in [0.25, 0.3) is 0 Å². The lowest BCUT2D eigenvalue weighted by molar-refractivity contribution is -0.116. The second-order valence-electron chi connectivity index (χ2n) is 10.6. The van der Waals surface area contributed by atoms with Crippen molar-refractivity contribution in [1.29, 1.82) is 0 Å². The molecular formula is C24H33N3O3. The standard InChI is InChI=1S/C24H33N3O3/c1-23(2)11-15-10-18(29-5)21-16(12-24(3,4)30-21)19(15)20(26-23)22(28)25-17-13-27-8-6-14(17)7-9-27/h10,14,17H,6-9,11-13H2,1-5H3,(H,25,28). The zero-order valence-corrected chi connectivity index (χ0v) is 18.8. The minimum absolute atomic E-state index is 0.0418. The molecule has 6 nitrogen and oxygen atoms in total. The molecule has 5 aliphatic rings. The zero-order valence-electron chi connectivity index (χ0n) is 18.8. The Hall–Kier alpha value is -2.08. The van der Waals surface area contributed by atoms with Crippen molar-refractivity contribution in [2.45, 2.75) is 70.6 Å². The maximum absolute atomic E-state index is 13.6. The first kappa shape index (κ1) is 19.9. The van der Waals surface area contributed by atoms with E-state index in [0.717, 1.165) is 60.7 Å². The lowest BCUT2D eigenvalue weighted by Gasteiger charge is -2.45. The Morgan fingerprint density at radius 3 is 2.60 bits per heavy atom. The SMILES string of the molecule is COc1cc2c(c3c1OC(C)(C)C3)C(C(=O)NC1CN3CCC1CC3)=NC(C)(C)C2. The van der Waals surface area contributed by atoms with Crippen molar-refractivity contribution in [2.24, 2.45) is 10.9 Å². The Kier molecular flexibility index (Phi) is 4.44. The summed E-state index contributed by atoms with van der Waals surface area (Å²) in [6.45, 7) is 11.6. The average molecular weight is 412 g/mol. The van der Waals surface area contributed by atoms with Crippen molar-refractivity contribution in [3.8, 4) is 11.5 Å². The van der Waals surface area contributed by atoms with Crippen LogP contribution in [-0.2, 0) is 17.6 Å². The molecule has 0 radical (unpaired) electrons. The smallest absolute Gasteiger partial charge is 0.270 e. The number of aliphatic imine (C=N–C) groups is 1. The molecule has 1 unspecified atom stereocenters. The summed E-state index contributed by atoms with van der Waals surface area (Å²) in [7, 11) is 1.68. The molecule has 0 aromatic heterocycles. The molecule has 6 rings (SSSR count). The molecule has 1 atom stereocenters. The fourth-order valence-corrected chi connectivity index (χ4v) is 5.75. The van der Waals surface area contributed by atoms with Gasteiger partial charge in [-0.15, -0.1) is 0 Å². The second kappa shape index (κ2) is 6.71. The van der Waals surface area contributed by atoms with Gasteiger partial charge < -0.3 is 19.7 Å². The van der Waals surface area contributed by atoms with Gasteiger partial charge in [0.2, 0.25) is 0 Å². The van der Waals surface area contributed by atoms with Crippen molar-refractivity contribution >= 4 is 11.6 Å². The van der Waals surface area contributed by atoms with Gasteiger partial charge in [-0.1, -0.05) is 0 Å². The van der Waals surface area contributed by atoms with Gasteiger partial charge in [0.1, 0.15) is 11.3 Å². The highest BCUT2D eigenvalue weighted by molar-refractivity contribution is 6.46. The number of amides is 1. The van der Waals surface area contributed by atoms with Gasteiger partial charge in [0.25, 0.3) is 5.91 Å². The maximum atomic E-state index is 13.6. The third kappa shape index (κ3) is 3.29. The molecule has 0 aliphatic carbocycles. The number of hydrogen-bond donors (Lipinski definition) is 1. The van der Waals surface area contributed by atoms with Gasteiger partial charge in [0.05, 0.1) is 12.6 Å². The Labute approximate surface area is 179 Å². The Morgan fingerprint density at radius 2 is 1.97 bits per heavy atom. The molecular weight excluding hydrogens is 378 g/mol. The fourth-order valence-electron chi connectivity index (χ4n) is 5.75. The fraction of sp³-hybridized carbons (Fsp3) is 0.667. The molecule has 30 heavy (non-hydrogen) atoms. The molecule has 5 aliphatic heterocycles. The predicted molar refractivity (Wildman–Crippen MR) is 117 cm³/mol. The van der Waals surface area contributed by atoms with Gasteiger partial charge in [-0.2, -0.15) is 0 Å². The van der Waals surface area contributed by atoms with Crippen LogP contribution in [0.15, 0.2) is 11.1 Å². The van der Waals surface area contributed by atoms with E-state index in [4.69, 9.17) is 14.5 Å². The average Bonchev–Trinajstić information content (AvgIpc) is 3.01. The van der Waals surface area contributed by atoms with Gasteiger partial charge >= 0.3 is 0 Å². The number of carbonyl (C=O) groups is 1. The molecule has 3 saturated heterocycles. The number of fused-ring (bicyclic) bond motifs is 6. The highest BCUT2D eigenvalue weighted by atomic mass is 16.5. The minimum Gasteiger partial charge on any atom is -0.493 e. The summed E-state index contributed by atoms with van der Waals surface area (Å²) in [5.74, 6) is 2.06. The number of methoxy groups -OCH3 is 1. The monoisotopic (exact) mass is 411 g/mol. The quantitative estimate of drug-likeness (QED) is 0.831. The number of benzene rings is 1. The number of piperidine rings is 3. The lowest BCUT2D eigenvalue weighted by atomic mass is 9.81. The first-order chi connectivity index (χ1) is 14.2. The Morgan fingerprint density at radius 1 is 1.23 bits per heavy atom. The van der Waals surface area contributed by atoms with Crippen molar-refractivity contribution in [3.63, 3.8) is 0 Å².